The van der Waals surface area contributed by atoms with Crippen molar-refractivity contribution in [3.8, 4) is 0 Å². The van der Waals surface area contributed by atoms with Gasteiger partial charge in [-0.1, -0.05) is 42.0 Å². The molecule has 1 saturated heterocycles. The van der Waals surface area contributed by atoms with Gasteiger partial charge in [-0.2, -0.15) is 0 Å². The van der Waals surface area contributed by atoms with Gasteiger partial charge in [0.05, 0.1) is 11.8 Å². The zero-order valence-corrected chi connectivity index (χ0v) is 14.7. The van der Waals surface area contributed by atoms with E-state index in [1.54, 1.807) is 0 Å². The first-order valence-corrected chi connectivity index (χ1v) is 8.99. The number of carbonyl (C=O) groups is 2. The molecule has 1 heterocycles. The second-order valence-electron chi connectivity index (χ2n) is 7.08. The molecule has 0 bridgehead atoms. The van der Waals surface area contributed by atoms with E-state index < -0.39 is 17.8 Å². The number of benzene rings is 1. The average molecular weight is 342 g/mol. The van der Waals surface area contributed by atoms with E-state index in [-0.39, 0.29) is 5.91 Å². The molecule has 0 unspecified atom stereocenters. The van der Waals surface area contributed by atoms with E-state index in [1.807, 2.05) is 17.1 Å². The van der Waals surface area contributed by atoms with Crippen LogP contribution < -0.4 is 0 Å². The van der Waals surface area contributed by atoms with Gasteiger partial charge in [-0.3, -0.25) is 14.5 Å². The molecule has 25 heavy (non-hydrogen) atoms. The quantitative estimate of drug-likeness (QED) is 0.853. The predicted molar refractivity (Wildman–Crippen MR) is 96.0 cm³/mol. The van der Waals surface area contributed by atoms with E-state index in [1.165, 1.54) is 11.1 Å². The fourth-order valence-electron chi connectivity index (χ4n) is 3.67. The molecule has 1 aliphatic heterocycles. The third-order valence-electron chi connectivity index (χ3n) is 5.28. The van der Waals surface area contributed by atoms with Crippen LogP contribution in [0.1, 0.15) is 24.0 Å². The van der Waals surface area contributed by atoms with Gasteiger partial charge < -0.3 is 10.0 Å². The summed E-state index contributed by atoms with van der Waals surface area (Å²) in [7, 11) is 0. The fraction of sp³-hybridized carbons (Fsp3) is 0.500. The third-order valence-corrected chi connectivity index (χ3v) is 5.28. The molecule has 0 spiro atoms. The first kappa shape index (κ1) is 17.7. The second kappa shape index (κ2) is 7.83. The molecule has 1 aromatic rings. The van der Waals surface area contributed by atoms with Gasteiger partial charge >= 0.3 is 5.97 Å². The van der Waals surface area contributed by atoms with Gasteiger partial charge in [-0.25, -0.2) is 0 Å². The summed E-state index contributed by atoms with van der Waals surface area (Å²) < 4.78 is 0. The Balaban J connectivity index is 1.54. The van der Waals surface area contributed by atoms with E-state index in [2.05, 4.69) is 36.1 Å². The van der Waals surface area contributed by atoms with Crippen LogP contribution in [0.4, 0.5) is 0 Å². The van der Waals surface area contributed by atoms with Gasteiger partial charge in [-0.15, -0.1) is 0 Å². The molecule has 1 aliphatic carbocycles. The minimum atomic E-state index is -0.860. The highest BCUT2D eigenvalue weighted by Gasteiger charge is 2.37. The Morgan fingerprint density at radius 1 is 1.00 bits per heavy atom. The molecule has 1 fully saturated rings. The van der Waals surface area contributed by atoms with Crippen molar-refractivity contribution in [2.45, 2.75) is 26.3 Å². The number of hydrogen-bond donors (Lipinski definition) is 1. The van der Waals surface area contributed by atoms with Crippen molar-refractivity contribution in [3.05, 3.63) is 47.5 Å². The zero-order valence-electron chi connectivity index (χ0n) is 14.7. The smallest absolute Gasteiger partial charge is 0.307 e. The molecule has 5 nitrogen and oxygen atoms in total. The standard InChI is InChI=1S/C20H26N2O3/c1-15-6-8-16(9-7-15)14-21-10-12-22(13-11-21)19(23)17-4-2-3-5-18(17)20(24)25/h2-3,6-9,17-18H,4-5,10-14H2,1H3,(H,24,25)/t17-,18-/m0/s1. The van der Waals surface area contributed by atoms with E-state index in [9.17, 15) is 14.7 Å². The van der Waals surface area contributed by atoms with Crippen molar-refractivity contribution < 1.29 is 14.7 Å². The summed E-state index contributed by atoms with van der Waals surface area (Å²) >= 11 is 0. The summed E-state index contributed by atoms with van der Waals surface area (Å²) in [6, 6.07) is 8.55. The Kier molecular flexibility index (Phi) is 5.53. The highest BCUT2D eigenvalue weighted by molar-refractivity contribution is 5.85. The van der Waals surface area contributed by atoms with Crippen LogP contribution in [0.15, 0.2) is 36.4 Å². The van der Waals surface area contributed by atoms with Gasteiger partial charge in [0.25, 0.3) is 0 Å². The fourth-order valence-corrected chi connectivity index (χ4v) is 3.67. The number of carbonyl (C=O) groups excluding carboxylic acids is 1. The van der Waals surface area contributed by atoms with Crippen LogP contribution in [-0.2, 0) is 16.1 Å². The Morgan fingerprint density at radius 3 is 2.20 bits per heavy atom. The van der Waals surface area contributed by atoms with E-state index in [0.29, 0.717) is 25.9 Å². The summed E-state index contributed by atoms with van der Waals surface area (Å²) in [5, 5.41) is 9.37. The Morgan fingerprint density at radius 2 is 1.60 bits per heavy atom. The molecule has 2 aliphatic rings. The number of piperazine rings is 1. The average Bonchev–Trinajstić information content (AvgIpc) is 2.63. The summed E-state index contributed by atoms with van der Waals surface area (Å²) in [4.78, 5) is 28.4. The minimum Gasteiger partial charge on any atom is -0.481 e. The molecule has 3 rings (SSSR count). The lowest BCUT2D eigenvalue weighted by molar-refractivity contribution is -0.151. The predicted octanol–water partition coefficient (Wildman–Crippen LogP) is 2.31. The van der Waals surface area contributed by atoms with Crippen molar-refractivity contribution >= 4 is 11.9 Å². The molecular formula is C20H26N2O3. The van der Waals surface area contributed by atoms with Crippen LogP contribution >= 0.6 is 0 Å². The van der Waals surface area contributed by atoms with Gasteiger partial charge in [0.15, 0.2) is 0 Å². The van der Waals surface area contributed by atoms with Gasteiger partial charge in [0.1, 0.15) is 0 Å². The van der Waals surface area contributed by atoms with Crippen LogP contribution in [0, 0.1) is 18.8 Å². The maximum atomic E-state index is 12.8. The first-order chi connectivity index (χ1) is 12.0. The van der Waals surface area contributed by atoms with Gasteiger partial charge in [0, 0.05) is 32.7 Å². The molecule has 2 atom stereocenters. The van der Waals surface area contributed by atoms with E-state index >= 15 is 0 Å². The number of aryl methyl sites for hydroxylation is 1. The Labute approximate surface area is 148 Å². The maximum Gasteiger partial charge on any atom is 0.307 e. The molecule has 0 saturated carbocycles. The number of amides is 1. The number of carboxylic acid groups (broad SMARTS) is 1. The highest BCUT2D eigenvalue weighted by atomic mass is 16.4. The van der Waals surface area contributed by atoms with Gasteiger partial charge in [-0.05, 0) is 25.3 Å². The first-order valence-electron chi connectivity index (χ1n) is 8.99. The van der Waals surface area contributed by atoms with Crippen molar-refractivity contribution in [1.82, 2.24) is 9.80 Å². The summed E-state index contributed by atoms with van der Waals surface area (Å²) in [5.74, 6) is -1.85. The monoisotopic (exact) mass is 342 g/mol. The van der Waals surface area contributed by atoms with Crippen molar-refractivity contribution in [2.24, 2.45) is 11.8 Å². The number of hydrogen-bond acceptors (Lipinski definition) is 3. The molecule has 134 valence electrons. The van der Waals surface area contributed by atoms with E-state index in [4.69, 9.17) is 0 Å². The summed E-state index contributed by atoms with van der Waals surface area (Å²) in [6.07, 6.45) is 4.82. The Bertz CT molecular complexity index is 645. The number of carboxylic acids is 1. The molecule has 0 radical (unpaired) electrons. The number of aliphatic carboxylic acids is 1. The molecular weight excluding hydrogens is 316 g/mol. The number of allylic oxidation sites excluding steroid dienone is 2. The number of rotatable bonds is 4. The third kappa shape index (κ3) is 4.28. The molecule has 0 aromatic heterocycles. The van der Waals surface area contributed by atoms with Crippen LogP contribution in [0.3, 0.4) is 0 Å². The largest absolute Gasteiger partial charge is 0.481 e. The normalized spacial score (nSPS) is 24.3. The van der Waals surface area contributed by atoms with Crippen LogP contribution in [0.25, 0.3) is 0 Å². The van der Waals surface area contributed by atoms with Gasteiger partial charge in [0.2, 0.25) is 5.91 Å². The van der Waals surface area contributed by atoms with Crippen LogP contribution in [0.5, 0.6) is 0 Å². The second-order valence-corrected chi connectivity index (χ2v) is 7.08. The number of nitrogens with zero attached hydrogens (tertiary/aromatic N) is 2. The summed E-state index contributed by atoms with van der Waals surface area (Å²) in [6.45, 7) is 6.00. The minimum absolute atomic E-state index is 0.00624. The molecule has 1 amide bonds. The van der Waals surface area contributed by atoms with Crippen LogP contribution in [-0.4, -0.2) is 53.0 Å². The lowest BCUT2D eigenvalue weighted by Gasteiger charge is -2.37. The zero-order chi connectivity index (χ0) is 17.8. The summed E-state index contributed by atoms with van der Waals surface area (Å²) in [5.41, 5.74) is 2.54. The van der Waals surface area contributed by atoms with Crippen molar-refractivity contribution in [2.75, 3.05) is 26.2 Å². The van der Waals surface area contributed by atoms with Crippen LogP contribution in [0.2, 0.25) is 0 Å². The molecule has 5 heteroatoms. The molecule has 1 aromatic carbocycles. The highest BCUT2D eigenvalue weighted by Crippen LogP contribution is 2.28. The lowest BCUT2D eigenvalue weighted by Crippen LogP contribution is -2.51. The van der Waals surface area contributed by atoms with E-state index in [0.717, 1.165) is 19.6 Å². The van der Waals surface area contributed by atoms with Crippen molar-refractivity contribution in [1.29, 1.82) is 0 Å². The SMILES string of the molecule is Cc1ccc(CN2CCN(C(=O)[C@H]3CC=CC[C@@H]3C(=O)O)CC2)cc1. The van der Waals surface area contributed by atoms with Crippen molar-refractivity contribution in [3.63, 3.8) is 0 Å². The Hall–Kier alpha value is -2.14. The molecule has 1 N–H and O–H groups in total. The topological polar surface area (TPSA) is 60.9 Å². The lowest BCUT2D eigenvalue weighted by atomic mass is 9.82. The maximum absolute atomic E-state index is 12.8.